The summed E-state index contributed by atoms with van der Waals surface area (Å²) in [7, 11) is 0. The summed E-state index contributed by atoms with van der Waals surface area (Å²) in [6.45, 7) is 9.71. The molecule has 1 N–H and O–H groups in total. The van der Waals surface area contributed by atoms with Gasteiger partial charge in [-0.25, -0.2) is 4.68 Å². The van der Waals surface area contributed by atoms with Gasteiger partial charge in [0.25, 0.3) is 0 Å². The van der Waals surface area contributed by atoms with Gasteiger partial charge in [-0.3, -0.25) is 14.5 Å². The molecule has 0 aliphatic rings. The molecule has 0 saturated heterocycles. The predicted molar refractivity (Wildman–Crippen MR) is 136 cm³/mol. The lowest BCUT2D eigenvalue weighted by molar-refractivity contribution is -0.128. The highest BCUT2D eigenvalue weighted by Crippen LogP contribution is 2.33. The number of aryl methyl sites for hydroxylation is 2. The van der Waals surface area contributed by atoms with Crippen LogP contribution in [0.2, 0.25) is 0 Å². The first kappa shape index (κ1) is 23.6. The summed E-state index contributed by atoms with van der Waals surface area (Å²) in [6, 6.07) is 14.5. The molecule has 0 fully saturated rings. The van der Waals surface area contributed by atoms with Crippen molar-refractivity contribution in [3.8, 4) is 0 Å². The van der Waals surface area contributed by atoms with E-state index >= 15 is 0 Å². The fourth-order valence-electron chi connectivity index (χ4n) is 4.02. The molecule has 2 aromatic heterocycles. The van der Waals surface area contributed by atoms with Gasteiger partial charge in [0.05, 0.1) is 5.52 Å². The van der Waals surface area contributed by atoms with Gasteiger partial charge in [0.15, 0.2) is 0 Å². The quantitative estimate of drug-likeness (QED) is 0.434. The van der Waals surface area contributed by atoms with Crippen LogP contribution in [0.15, 0.2) is 59.3 Å². The van der Waals surface area contributed by atoms with Gasteiger partial charge in [0.2, 0.25) is 11.8 Å². The van der Waals surface area contributed by atoms with Crippen molar-refractivity contribution in [3.05, 3.63) is 76.0 Å². The zero-order valence-electron chi connectivity index (χ0n) is 20.1. The fourth-order valence-corrected chi connectivity index (χ4v) is 4.70. The number of carbonyl (C=O) groups excluding carboxylic acids is 2. The van der Waals surface area contributed by atoms with E-state index in [1.54, 1.807) is 9.58 Å². The third-order valence-corrected chi connectivity index (χ3v) is 6.15. The van der Waals surface area contributed by atoms with E-state index in [2.05, 4.69) is 15.6 Å². The number of hydrogen-bond acceptors (Lipinski definition) is 5. The van der Waals surface area contributed by atoms with E-state index in [1.807, 2.05) is 93.9 Å². The number of carbonyl (C=O) groups is 2. The van der Waals surface area contributed by atoms with Crippen LogP contribution in [0.4, 0.5) is 5.69 Å². The molecule has 0 spiro atoms. The maximum Gasteiger partial charge on any atom is 0.249 e. The molecular formula is C26H29N5O2S. The predicted octanol–water partition coefficient (Wildman–Crippen LogP) is 4.80. The van der Waals surface area contributed by atoms with E-state index in [-0.39, 0.29) is 18.4 Å². The van der Waals surface area contributed by atoms with Gasteiger partial charge >= 0.3 is 0 Å². The second-order valence-corrected chi connectivity index (χ2v) is 10.3. The van der Waals surface area contributed by atoms with Crippen LogP contribution in [0.1, 0.15) is 43.5 Å². The molecular weight excluding hydrogens is 446 g/mol. The Kier molecular flexibility index (Phi) is 6.52. The van der Waals surface area contributed by atoms with E-state index in [9.17, 15) is 9.59 Å². The highest BCUT2D eigenvalue weighted by atomic mass is 32.1. The Labute approximate surface area is 203 Å². The number of amides is 2. The second kappa shape index (κ2) is 9.38. The van der Waals surface area contributed by atoms with Crippen molar-refractivity contribution in [2.24, 2.45) is 0 Å². The van der Waals surface area contributed by atoms with Gasteiger partial charge in [-0.1, -0.05) is 35.0 Å². The van der Waals surface area contributed by atoms with Crippen LogP contribution >= 0.6 is 11.3 Å². The van der Waals surface area contributed by atoms with Crippen LogP contribution in [0.5, 0.6) is 0 Å². The molecule has 8 heteroatoms. The molecule has 0 bridgehead atoms. The molecule has 4 rings (SSSR count). The van der Waals surface area contributed by atoms with Crippen molar-refractivity contribution < 1.29 is 9.59 Å². The van der Waals surface area contributed by atoms with Gasteiger partial charge < -0.3 is 5.32 Å². The fraction of sp³-hybridized carbons (Fsp3) is 0.308. The first-order chi connectivity index (χ1) is 16.1. The monoisotopic (exact) mass is 475 g/mol. The van der Waals surface area contributed by atoms with E-state index in [4.69, 9.17) is 0 Å². The van der Waals surface area contributed by atoms with Crippen molar-refractivity contribution in [1.82, 2.24) is 20.3 Å². The molecule has 2 aromatic carbocycles. The smallest absolute Gasteiger partial charge is 0.249 e. The van der Waals surface area contributed by atoms with Crippen molar-refractivity contribution >= 4 is 39.9 Å². The van der Waals surface area contributed by atoms with Gasteiger partial charge in [-0.05, 0) is 80.8 Å². The molecule has 0 aliphatic heterocycles. The molecule has 0 aliphatic carbocycles. The van der Waals surface area contributed by atoms with Crippen molar-refractivity contribution in [2.45, 2.75) is 52.7 Å². The van der Waals surface area contributed by atoms with Crippen LogP contribution in [-0.2, 0) is 16.1 Å². The maximum absolute atomic E-state index is 14.0. The van der Waals surface area contributed by atoms with Crippen LogP contribution in [-0.4, -0.2) is 32.3 Å². The first-order valence-corrected chi connectivity index (χ1v) is 12.1. The lowest BCUT2D eigenvalue weighted by atomic mass is 10.0. The van der Waals surface area contributed by atoms with Crippen LogP contribution < -0.4 is 10.2 Å². The number of anilines is 1. The summed E-state index contributed by atoms with van der Waals surface area (Å²) >= 11 is 1.50. The molecule has 4 aromatic rings. The largest absolute Gasteiger partial charge is 0.349 e. The highest BCUT2D eigenvalue weighted by Gasteiger charge is 2.35. The molecule has 0 saturated carbocycles. The van der Waals surface area contributed by atoms with Crippen LogP contribution in [0.25, 0.3) is 11.0 Å². The van der Waals surface area contributed by atoms with Crippen molar-refractivity contribution in [1.29, 1.82) is 0 Å². The van der Waals surface area contributed by atoms with Gasteiger partial charge in [0, 0.05) is 11.2 Å². The number of para-hydroxylation sites is 1. The Balaban J connectivity index is 1.82. The Morgan fingerprint density at radius 1 is 1.12 bits per heavy atom. The summed E-state index contributed by atoms with van der Waals surface area (Å²) in [5.74, 6) is -0.481. The zero-order chi connectivity index (χ0) is 24.5. The number of fused-ring (bicyclic) bond motifs is 1. The minimum absolute atomic E-state index is 0.0444. The van der Waals surface area contributed by atoms with Crippen molar-refractivity contribution in [2.75, 3.05) is 4.90 Å². The van der Waals surface area contributed by atoms with Crippen molar-refractivity contribution in [3.63, 3.8) is 0 Å². The summed E-state index contributed by atoms with van der Waals surface area (Å²) < 4.78 is 1.58. The molecule has 1 atom stereocenters. The third kappa shape index (κ3) is 5.02. The number of benzene rings is 2. The highest BCUT2D eigenvalue weighted by molar-refractivity contribution is 7.08. The lowest BCUT2D eigenvalue weighted by Crippen LogP contribution is -2.50. The third-order valence-electron chi connectivity index (χ3n) is 5.45. The minimum atomic E-state index is -0.825. The lowest BCUT2D eigenvalue weighted by Gasteiger charge is -2.34. The number of hydrogen-bond donors (Lipinski definition) is 1. The van der Waals surface area contributed by atoms with E-state index < -0.39 is 11.6 Å². The van der Waals surface area contributed by atoms with E-state index in [1.165, 1.54) is 11.3 Å². The van der Waals surface area contributed by atoms with Gasteiger partial charge in [-0.15, -0.1) is 5.10 Å². The van der Waals surface area contributed by atoms with Crippen LogP contribution in [0.3, 0.4) is 0 Å². The average Bonchev–Trinajstić information content (AvgIpc) is 3.42. The molecule has 34 heavy (non-hydrogen) atoms. The average molecular weight is 476 g/mol. The second-order valence-electron chi connectivity index (χ2n) is 9.49. The van der Waals surface area contributed by atoms with Crippen LogP contribution in [0, 0.1) is 13.8 Å². The molecule has 2 heterocycles. The number of aromatic nitrogens is 3. The molecule has 2 amide bonds. The first-order valence-electron chi connectivity index (χ1n) is 11.2. The molecule has 0 radical (unpaired) electrons. The summed E-state index contributed by atoms with van der Waals surface area (Å²) in [6.07, 6.45) is 0. The summed E-state index contributed by atoms with van der Waals surface area (Å²) in [5.41, 5.74) is 4.49. The normalized spacial score (nSPS) is 12.5. The SMILES string of the molecule is Cc1ccc(N(C(=O)Cn2nnc3ccccc32)C(C(=O)NC(C)(C)C)c2ccsc2)c(C)c1. The molecule has 176 valence electrons. The Morgan fingerprint density at radius 3 is 2.56 bits per heavy atom. The zero-order valence-corrected chi connectivity index (χ0v) is 20.9. The Morgan fingerprint density at radius 2 is 1.88 bits per heavy atom. The summed E-state index contributed by atoms with van der Waals surface area (Å²) in [5, 5.41) is 15.3. The Hall–Kier alpha value is -3.52. The Bertz CT molecular complexity index is 1320. The number of nitrogens with one attached hydrogen (secondary N) is 1. The molecule has 1 unspecified atom stereocenters. The maximum atomic E-state index is 14.0. The number of thiophene rings is 1. The van der Waals surface area contributed by atoms with Gasteiger partial charge in [-0.2, -0.15) is 11.3 Å². The summed E-state index contributed by atoms with van der Waals surface area (Å²) in [4.78, 5) is 29.2. The molecule has 7 nitrogen and oxygen atoms in total. The van der Waals surface area contributed by atoms with E-state index in [0.29, 0.717) is 11.2 Å². The standard InChI is InChI=1S/C26H29N5O2S/c1-17-10-11-21(18(2)14-17)31(23(32)15-30-22-9-7-6-8-20(22)28-29-30)24(19-12-13-34-16-19)25(33)27-26(3,4)5/h6-14,16,24H,15H2,1-5H3,(H,27,33). The minimum Gasteiger partial charge on any atom is -0.349 e. The number of nitrogens with zero attached hydrogens (tertiary/aromatic N) is 4. The topological polar surface area (TPSA) is 80.1 Å². The number of rotatable bonds is 6. The van der Waals surface area contributed by atoms with Gasteiger partial charge in [0.1, 0.15) is 18.1 Å². The van der Waals surface area contributed by atoms with E-state index in [0.717, 1.165) is 22.2 Å².